The molecule has 3 heterocycles. The third-order valence-electron chi connectivity index (χ3n) is 8.61. The van der Waals surface area contributed by atoms with Gasteiger partial charge in [-0.25, -0.2) is 16.8 Å². The second-order valence-corrected chi connectivity index (χ2v) is 16.3. The van der Waals surface area contributed by atoms with Gasteiger partial charge in [0.2, 0.25) is 10.0 Å². The molecule has 0 saturated heterocycles. The molecule has 272 valence electrons. The zero-order valence-corrected chi connectivity index (χ0v) is 30.9. The number of amides is 1. The van der Waals surface area contributed by atoms with E-state index < -0.39 is 44.0 Å². The van der Waals surface area contributed by atoms with E-state index in [2.05, 4.69) is 15.0 Å². The number of fused-ring (bicyclic) bond motifs is 1. The van der Waals surface area contributed by atoms with Crippen LogP contribution in [-0.4, -0.2) is 99.0 Å². The van der Waals surface area contributed by atoms with Gasteiger partial charge in [-0.3, -0.25) is 9.52 Å². The molecule has 0 radical (unpaired) electrons. The van der Waals surface area contributed by atoms with Gasteiger partial charge in [0.15, 0.2) is 16.4 Å². The number of benzene rings is 1. The Hall–Kier alpha value is -3.51. The molecule has 15 nitrogen and oxygen atoms in total. The fourth-order valence-electron chi connectivity index (χ4n) is 5.86. The molecule has 1 amide bonds. The number of ether oxygens (including phenoxy) is 2. The summed E-state index contributed by atoms with van der Waals surface area (Å²) in [5.74, 6) is -0.360. The summed E-state index contributed by atoms with van der Waals surface area (Å²) in [7, 11) is -6.64. The lowest BCUT2D eigenvalue weighted by Gasteiger charge is -2.35. The minimum absolute atomic E-state index is 0.000582. The van der Waals surface area contributed by atoms with Crippen molar-refractivity contribution in [3.63, 3.8) is 0 Å². The Balaban J connectivity index is 1.70. The van der Waals surface area contributed by atoms with Crippen molar-refractivity contribution in [1.29, 1.82) is 0 Å². The summed E-state index contributed by atoms with van der Waals surface area (Å²) in [4.78, 5) is 15.8. The Kier molecular flexibility index (Phi) is 12.2. The molecule has 4 rings (SSSR count). The Morgan fingerprint density at radius 3 is 2.24 bits per heavy atom. The Bertz CT molecular complexity index is 1800. The van der Waals surface area contributed by atoms with E-state index >= 15 is 0 Å². The first-order chi connectivity index (χ1) is 23.0. The summed E-state index contributed by atoms with van der Waals surface area (Å²) in [6.07, 6.45) is 1.12. The molecule has 1 aromatic carbocycles. The summed E-state index contributed by atoms with van der Waals surface area (Å²) < 4.78 is 80.2. The SMILES string of the molecule is Cc1noc(C)c1S(=O)(=O)Nc1ccc2c(c1)C(=O)N([C@H](C)CO)C[C@@H](C)[C@H](CN(C)S(=O)(=O)c1c(C)noc1C)OCCCC[C@@H](C)O2. The number of hydrogen-bond acceptors (Lipinski definition) is 12. The van der Waals surface area contributed by atoms with E-state index in [9.17, 15) is 26.7 Å². The highest BCUT2D eigenvalue weighted by Gasteiger charge is 2.35. The number of nitrogens with zero attached hydrogens (tertiary/aromatic N) is 4. The lowest BCUT2D eigenvalue weighted by molar-refractivity contribution is -0.00835. The number of aryl methyl sites for hydroxylation is 4. The van der Waals surface area contributed by atoms with Gasteiger partial charge in [-0.15, -0.1) is 0 Å². The number of sulfonamides is 2. The van der Waals surface area contributed by atoms with Crippen LogP contribution in [0.4, 0.5) is 5.69 Å². The minimum Gasteiger partial charge on any atom is -0.490 e. The van der Waals surface area contributed by atoms with Crippen LogP contribution in [0.15, 0.2) is 37.0 Å². The van der Waals surface area contributed by atoms with E-state index in [0.29, 0.717) is 19.4 Å². The normalized spacial score (nSPS) is 20.8. The van der Waals surface area contributed by atoms with Crippen molar-refractivity contribution < 1.29 is 45.3 Å². The predicted molar refractivity (Wildman–Crippen MR) is 179 cm³/mol. The average molecular weight is 726 g/mol. The van der Waals surface area contributed by atoms with Crippen LogP contribution in [0.2, 0.25) is 0 Å². The predicted octanol–water partition coefficient (Wildman–Crippen LogP) is 3.81. The number of carbonyl (C=O) groups is 1. The molecule has 1 aliphatic rings. The van der Waals surface area contributed by atoms with Gasteiger partial charge in [0.25, 0.3) is 15.9 Å². The first-order valence-electron chi connectivity index (χ1n) is 16.2. The smallest absolute Gasteiger partial charge is 0.267 e. The quantitative estimate of drug-likeness (QED) is 0.324. The Labute approximate surface area is 288 Å². The van der Waals surface area contributed by atoms with Crippen molar-refractivity contribution in [3.8, 4) is 5.75 Å². The number of aromatic nitrogens is 2. The monoisotopic (exact) mass is 725 g/mol. The fourth-order valence-corrected chi connectivity index (χ4v) is 8.71. The molecule has 0 bridgehead atoms. The van der Waals surface area contributed by atoms with Crippen LogP contribution in [-0.2, 0) is 24.8 Å². The number of anilines is 1. The van der Waals surface area contributed by atoms with Gasteiger partial charge in [0.1, 0.15) is 22.0 Å². The largest absolute Gasteiger partial charge is 0.490 e. The van der Waals surface area contributed by atoms with Crippen molar-refractivity contribution >= 4 is 31.6 Å². The van der Waals surface area contributed by atoms with E-state index in [1.54, 1.807) is 19.9 Å². The highest BCUT2D eigenvalue weighted by Crippen LogP contribution is 2.31. The molecule has 0 saturated carbocycles. The van der Waals surface area contributed by atoms with Crippen LogP contribution in [0.25, 0.3) is 0 Å². The topological polar surface area (TPSA) is 195 Å². The van der Waals surface area contributed by atoms with Crippen LogP contribution in [0.1, 0.15) is 73.3 Å². The minimum atomic E-state index is -4.12. The van der Waals surface area contributed by atoms with Gasteiger partial charge < -0.3 is 28.5 Å². The lowest BCUT2D eigenvalue weighted by atomic mass is 10.0. The molecule has 0 unspecified atom stereocenters. The van der Waals surface area contributed by atoms with Crippen molar-refractivity contribution in [2.75, 3.05) is 38.1 Å². The Morgan fingerprint density at radius 1 is 1.02 bits per heavy atom. The number of rotatable bonds is 9. The fraction of sp³-hybridized carbons (Fsp3) is 0.594. The molecule has 4 atom stereocenters. The van der Waals surface area contributed by atoms with E-state index in [1.807, 2.05) is 13.8 Å². The maximum Gasteiger partial charge on any atom is 0.267 e. The van der Waals surface area contributed by atoms with Gasteiger partial charge in [0.05, 0.1) is 30.4 Å². The van der Waals surface area contributed by atoms with E-state index in [4.69, 9.17) is 18.5 Å². The number of aliphatic hydroxyl groups excluding tert-OH is 1. The summed E-state index contributed by atoms with van der Waals surface area (Å²) in [6.45, 7) is 11.6. The first-order valence-corrected chi connectivity index (χ1v) is 19.1. The van der Waals surface area contributed by atoms with E-state index in [1.165, 1.54) is 49.2 Å². The van der Waals surface area contributed by atoms with E-state index in [0.717, 1.165) is 6.42 Å². The lowest BCUT2D eigenvalue weighted by Crippen LogP contribution is -2.48. The second kappa shape index (κ2) is 15.6. The number of hydrogen-bond donors (Lipinski definition) is 2. The molecular weight excluding hydrogens is 679 g/mol. The second-order valence-electron chi connectivity index (χ2n) is 12.7. The number of nitrogens with one attached hydrogen (secondary N) is 1. The summed E-state index contributed by atoms with van der Waals surface area (Å²) >= 11 is 0. The molecule has 0 spiro atoms. The average Bonchev–Trinajstić information content (AvgIpc) is 3.57. The zero-order valence-electron chi connectivity index (χ0n) is 29.2. The zero-order chi connectivity index (χ0) is 36.3. The van der Waals surface area contributed by atoms with Gasteiger partial charge in [-0.1, -0.05) is 17.2 Å². The van der Waals surface area contributed by atoms with Crippen molar-refractivity contribution in [1.82, 2.24) is 19.5 Å². The summed E-state index contributed by atoms with van der Waals surface area (Å²) in [5, 5.41) is 17.8. The number of carbonyl (C=O) groups excluding carboxylic acids is 1. The number of aliphatic hydroxyl groups is 1. The third kappa shape index (κ3) is 8.63. The van der Waals surface area contributed by atoms with Gasteiger partial charge >= 0.3 is 0 Å². The van der Waals surface area contributed by atoms with Gasteiger partial charge in [-0.2, -0.15) is 4.31 Å². The van der Waals surface area contributed by atoms with Crippen LogP contribution in [0.5, 0.6) is 5.75 Å². The molecule has 1 aliphatic heterocycles. The van der Waals surface area contributed by atoms with Crippen molar-refractivity contribution in [3.05, 3.63) is 46.7 Å². The number of likely N-dealkylation sites (N-methyl/N-ethyl adjacent to an activating group) is 1. The van der Waals surface area contributed by atoms with Crippen LogP contribution >= 0.6 is 0 Å². The molecule has 49 heavy (non-hydrogen) atoms. The molecule has 17 heteroatoms. The maximum atomic E-state index is 14.4. The standard InChI is InChI=1S/C32H47N5O10S2/c1-19-16-37(20(2)18-38)32(39)27-15-26(35-48(40,41)30-22(4)33-46-24(30)6)12-13-28(27)45-21(3)11-9-10-14-44-29(19)17-36(8)49(42,43)31-23(5)34-47-25(31)7/h12-13,15,19-21,29,35,38H,9-11,14,16-18H2,1-8H3/t19-,20-,21-,29+/m1/s1. The highest BCUT2D eigenvalue weighted by atomic mass is 32.2. The van der Waals surface area contributed by atoms with Gasteiger partial charge in [0, 0.05) is 38.3 Å². The first kappa shape index (κ1) is 38.3. The summed E-state index contributed by atoms with van der Waals surface area (Å²) in [5.41, 5.74) is 0.643. The molecule has 0 aliphatic carbocycles. The van der Waals surface area contributed by atoms with Crippen LogP contribution in [0.3, 0.4) is 0 Å². The molecular formula is C32H47N5O10S2. The molecule has 3 aromatic rings. The molecule has 2 N–H and O–H groups in total. The highest BCUT2D eigenvalue weighted by molar-refractivity contribution is 7.92. The molecule has 0 fully saturated rings. The third-order valence-corrected chi connectivity index (χ3v) is 12.3. The van der Waals surface area contributed by atoms with Crippen LogP contribution in [0, 0.1) is 33.6 Å². The van der Waals surface area contributed by atoms with Crippen molar-refractivity contribution in [2.45, 2.75) is 95.8 Å². The summed E-state index contributed by atoms with van der Waals surface area (Å²) in [6, 6.07) is 3.80. The van der Waals surface area contributed by atoms with Crippen LogP contribution < -0.4 is 9.46 Å². The Morgan fingerprint density at radius 2 is 1.65 bits per heavy atom. The van der Waals surface area contributed by atoms with Crippen molar-refractivity contribution in [2.24, 2.45) is 5.92 Å². The van der Waals surface area contributed by atoms with E-state index in [-0.39, 0.29) is 75.5 Å². The van der Waals surface area contributed by atoms with Gasteiger partial charge in [-0.05, 0) is 79.0 Å². The maximum absolute atomic E-state index is 14.4. The molecule has 2 aromatic heterocycles.